The van der Waals surface area contributed by atoms with Crippen LogP contribution in [-0.2, 0) is 4.79 Å². The molecule has 2 heterocycles. The van der Waals surface area contributed by atoms with E-state index < -0.39 is 0 Å². The van der Waals surface area contributed by atoms with Crippen molar-refractivity contribution < 1.29 is 9.59 Å². The first-order chi connectivity index (χ1) is 9.08. The molecule has 19 heavy (non-hydrogen) atoms. The molecule has 0 saturated carbocycles. The van der Waals surface area contributed by atoms with Gasteiger partial charge in [0, 0.05) is 26.3 Å². The summed E-state index contributed by atoms with van der Waals surface area (Å²) in [6.45, 7) is 1.73. The quantitative estimate of drug-likeness (QED) is 0.792. The molecule has 1 fully saturated rings. The first-order valence-corrected chi connectivity index (χ1v) is 7.02. The van der Waals surface area contributed by atoms with Gasteiger partial charge in [0.15, 0.2) is 0 Å². The lowest BCUT2D eigenvalue weighted by atomic mass is 10.2. The van der Waals surface area contributed by atoms with Crippen molar-refractivity contribution in [2.45, 2.75) is 12.8 Å². The highest BCUT2D eigenvalue weighted by Crippen LogP contribution is 2.10. The summed E-state index contributed by atoms with van der Waals surface area (Å²) in [6, 6.07) is 3.40. The lowest BCUT2D eigenvalue weighted by Crippen LogP contribution is -2.39. The molecule has 0 radical (unpaired) electrons. The van der Waals surface area contributed by atoms with Gasteiger partial charge in [-0.25, -0.2) is 4.98 Å². The van der Waals surface area contributed by atoms with E-state index in [4.69, 9.17) is 0 Å². The van der Waals surface area contributed by atoms with E-state index >= 15 is 0 Å². The molecule has 1 aromatic heterocycles. The minimum Gasteiger partial charge on any atom is -0.341 e. The molecule has 0 aliphatic carbocycles. The van der Waals surface area contributed by atoms with Gasteiger partial charge in [-0.1, -0.05) is 0 Å². The smallest absolute Gasteiger partial charge is 0.255 e. The third kappa shape index (κ3) is 3.53. The fraction of sp³-hybridized carbons (Fsp3) is 0.462. The molecule has 0 bridgehead atoms. The summed E-state index contributed by atoms with van der Waals surface area (Å²) in [5.41, 5.74) is 0.486. The largest absolute Gasteiger partial charge is 0.341 e. The number of hydrogen-bond acceptors (Lipinski definition) is 3. The van der Waals surface area contributed by atoms with Crippen LogP contribution in [0.15, 0.2) is 22.9 Å². The molecule has 6 heteroatoms. The van der Waals surface area contributed by atoms with Gasteiger partial charge in [-0.15, -0.1) is 0 Å². The summed E-state index contributed by atoms with van der Waals surface area (Å²) in [6.07, 6.45) is 3.61. The minimum absolute atomic E-state index is 0.0124. The fourth-order valence-corrected chi connectivity index (χ4v) is 2.30. The fourth-order valence-electron chi connectivity index (χ4n) is 2.06. The third-order valence-electron chi connectivity index (χ3n) is 3.15. The van der Waals surface area contributed by atoms with Gasteiger partial charge in [0.1, 0.15) is 4.60 Å². The number of aromatic nitrogens is 1. The van der Waals surface area contributed by atoms with Gasteiger partial charge in [0.25, 0.3) is 5.91 Å². The highest BCUT2D eigenvalue weighted by Gasteiger charge is 2.21. The molecular weight excluding hydrogens is 310 g/mol. The Kier molecular flexibility index (Phi) is 4.52. The van der Waals surface area contributed by atoms with E-state index in [1.54, 1.807) is 19.2 Å². The van der Waals surface area contributed by atoms with Crippen LogP contribution in [0.2, 0.25) is 0 Å². The van der Waals surface area contributed by atoms with Crippen LogP contribution in [-0.4, -0.2) is 53.3 Å². The maximum Gasteiger partial charge on any atom is 0.255 e. The molecular formula is C13H16BrN3O2. The Labute approximate surface area is 120 Å². The summed E-state index contributed by atoms with van der Waals surface area (Å²) in [5, 5.41) is 0. The summed E-state index contributed by atoms with van der Waals surface area (Å²) in [5.74, 6) is -0.175. The molecule has 0 unspecified atom stereocenters. The Morgan fingerprint density at radius 1 is 1.37 bits per heavy atom. The van der Waals surface area contributed by atoms with Crippen LogP contribution < -0.4 is 0 Å². The highest BCUT2D eigenvalue weighted by molar-refractivity contribution is 9.10. The molecule has 0 N–H and O–H groups in total. The van der Waals surface area contributed by atoms with Crippen LogP contribution in [0.5, 0.6) is 0 Å². The van der Waals surface area contributed by atoms with E-state index in [0.29, 0.717) is 10.2 Å². The standard InChI is InChI=1S/C13H16BrN3O2/c1-16(9-12(18)17-6-2-3-7-17)13(19)10-4-5-11(14)15-8-10/h4-5,8H,2-3,6-7,9H2,1H3. The van der Waals surface area contributed by atoms with Crippen molar-refractivity contribution in [2.24, 2.45) is 0 Å². The number of nitrogens with zero attached hydrogens (tertiary/aromatic N) is 3. The average Bonchev–Trinajstić information content (AvgIpc) is 2.92. The molecule has 1 aromatic rings. The molecule has 102 valence electrons. The second kappa shape index (κ2) is 6.14. The second-order valence-electron chi connectivity index (χ2n) is 4.62. The van der Waals surface area contributed by atoms with E-state index in [-0.39, 0.29) is 18.4 Å². The van der Waals surface area contributed by atoms with E-state index in [9.17, 15) is 9.59 Å². The molecule has 5 nitrogen and oxygen atoms in total. The zero-order chi connectivity index (χ0) is 13.8. The van der Waals surface area contributed by atoms with Crippen molar-refractivity contribution in [2.75, 3.05) is 26.7 Å². The Morgan fingerprint density at radius 3 is 2.63 bits per heavy atom. The molecule has 1 aliphatic heterocycles. The summed E-state index contributed by atoms with van der Waals surface area (Å²) in [4.78, 5) is 31.3. The van der Waals surface area contributed by atoms with Crippen molar-refractivity contribution in [3.8, 4) is 0 Å². The zero-order valence-corrected chi connectivity index (χ0v) is 12.4. The molecule has 0 aromatic carbocycles. The number of hydrogen-bond donors (Lipinski definition) is 0. The van der Waals surface area contributed by atoms with Crippen molar-refractivity contribution >= 4 is 27.7 Å². The van der Waals surface area contributed by atoms with Gasteiger partial charge in [-0.05, 0) is 40.9 Å². The van der Waals surface area contributed by atoms with Crippen LogP contribution in [0.4, 0.5) is 0 Å². The Balaban J connectivity index is 1.95. The van der Waals surface area contributed by atoms with Gasteiger partial charge in [-0.3, -0.25) is 9.59 Å². The van der Waals surface area contributed by atoms with Crippen molar-refractivity contribution in [3.05, 3.63) is 28.5 Å². The molecule has 0 atom stereocenters. The minimum atomic E-state index is -0.187. The summed E-state index contributed by atoms with van der Waals surface area (Å²) < 4.78 is 0.680. The second-order valence-corrected chi connectivity index (χ2v) is 5.43. The first kappa shape index (κ1) is 14.0. The molecule has 2 amide bonds. The highest BCUT2D eigenvalue weighted by atomic mass is 79.9. The van der Waals surface area contributed by atoms with E-state index in [1.165, 1.54) is 11.1 Å². The van der Waals surface area contributed by atoms with Crippen LogP contribution in [0.1, 0.15) is 23.2 Å². The number of pyridine rings is 1. The number of rotatable bonds is 3. The predicted octanol–water partition coefficient (Wildman–Crippen LogP) is 1.54. The summed E-state index contributed by atoms with van der Waals surface area (Å²) in [7, 11) is 1.64. The van der Waals surface area contributed by atoms with Crippen LogP contribution >= 0.6 is 15.9 Å². The number of likely N-dealkylation sites (tertiary alicyclic amines) is 1. The monoisotopic (exact) mass is 325 g/mol. The van der Waals surface area contributed by atoms with Crippen LogP contribution in [0.3, 0.4) is 0 Å². The average molecular weight is 326 g/mol. The van der Waals surface area contributed by atoms with Gasteiger partial charge in [0.05, 0.1) is 12.1 Å². The molecule has 1 aliphatic rings. The Morgan fingerprint density at radius 2 is 2.05 bits per heavy atom. The Bertz CT molecular complexity index is 469. The maximum absolute atomic E-state index is 12.1. The number of likely N-dealkylation sites (N-methyl/N-ethyl adjacent to an activating group) is 1. The van der Waals surface area contributed by atoms with Crippen LogP contribution in [0, 0.1) is 0 Å². The van der Waals surface area contributed by atoms with E-state index in [1.807, 2.05) is 4.90 Å². The first-order valence-electron chi connectivity index (χ1n) is 6.23. The Hall–Kier alpha value is -1.43. The summed E-state index contributed by atoms with van der Waals surface area (Å²) >= 11 is 3.22. The molecule has 0 spiro atoms. The third-order valence-corrected chi connectivity index (χ3v) is 3.62. The number of amides is 2. The van der Waals surface area contributed by atoms with E-state index in [2.05, 4.69) is 20.9 Å². The van der Waals surface area contributed by atoms with Crippen LogP contribution in [0.25, 0.3) is 0 Å². The number of halogens is 1. The van der Waals surface area contributed by atoms with E-state index in [0.717, 1.165) is 25.9 Å². The van der Waals surface area contributed by atoms with Crippen molar-refractivity contribution in [1.82, 2.24) is 14.8 Å². The maximum atomic E-state index is 12.1. The SMILES string of the molecule is CN(CC(=O)N1CCCC1)C(=O)c1ccc(Br)nc1. The van der Waals surface area contributed by atoms with Gasteiger partial charge >= 0.3 is 0 Å². The lowest BCUT2D eigenvalue weighted by molar-refractivity contribution is -0.130. The number of carbonyl (C=O) groups excluding carboxylic acids is 2. The zero-order valence-electron chi connectivity index (χ0n) is 10.8. The lowest BCUT2D eigenvalue weighted by Gasteiger charge is -2.21. The topological polar surface area (TPSA) is 53.5 Å². The number of carbonyl (C=O) groups is 2. The predicted molar refractivity (Wildman–Crippen MR) is 74.7 cm³/mol. The van der Waals surface area contributed by atoms with Gasteiger partial charge in [-0.2, -0.15) is 0 Å². The molecule has 2 rings (SSSR count). The van der Waals surface area contributed by atoms with Crippen molar-refractivity contribution in [1.29, 1.82) is 0 Å². The van der Waals surface area contributed by atoms with Gasteiger partial charge in [0.2, 0.25) is 5.91 Å². The normalized spacial score (nSPS) is 14.5. The molecule has 1 saturated heterocycles. The van der Waals surface area contributed by atoms with Crippen molar-refractivity contribution in [3.63, 3.8) is 0 Å². The van der Waals surface area contributed by atoms with Gasteiger partial charge < -0.3 is 9.80 Å².